The molecule has 21 heavy (non-hydrogen) atoms. The Morgan fingerprint density at radius 2 is 2.05 bits per heavy atom. The van der Waals surface area contributed by atoms with Crippen LogP contribution in [0.15, 0.2) is 35.7 Å². The van der Waals surface area contributed by atoms with Crippen molar-refractivity contribution < 1.29 is 4.74 Å². The molecule has 3 N–H and O–H groups in total. The molecule has 0 aliphatic carbocycles. The summed E-state index contributed by atoms with van der Waals surface area (Å²) < 4.78 is 6.70. The molecule has 108 valence electrons. The van der Waals surface area contributed by atoms with E-state index in [1.165, 1.54) is 2.88 Å². The Labute approximate surface area is 140 Å². The number of thiophene rings is 1. The number of anilines is 1. The first-order chi connectivity index (χ1) is 10.2. The third-order valence-corrected chi connectivity index (χ3v) is 4.89. The molecule has 0 aliphatic heterocycles. The number of aromatic nitrogens is 2. The molecule has 0 saturated carbocycles. The van der Waals surface area contributed by atoms with Gasteiger partial charge < -0.3 is 10.5 Å². The molecule has 3 aromatic rings. The minimum Gasteiger partial charge on any atom is -0.494 e. The lowest BCUT2D eigenvalue weighted by Crippen LogP contribution is -1.92. The van der Waals surface area contributed by atoms with Gasteiger partial charge in [0.05, 0.1) is 20.7 Å². The molecule has 0 radical (unpaired) electrons. The maximum atomic E-state index is 6.04. The molecule has 2 heterocycles. The van der Waals surface area contributed by atoms with Crippen LogP contribution in [0.5, 0.6) is 5.75 Å². The number of nitrogens with one attached hydrogen (secondary N) is 1. The summed E-state index contributed by atoms with van der Waals surface area (Å²) in [6, 6.07) is 10.0. The van der Waals surface area contributed by atoms with E-state index in [1.54, 1.807) is 11.3 Å². The number of nitrogens with zero attached hydrogens (tertiary/aromatic N) is 1. The molecular weight excluding hydrogens is 397 g/mol. The van der Waals surface area contributed by atoms with Gasteiger partial charge in [0, 0.05) is 10.9 Å². The molecule has 0 aliphatic rings. The predicted octanol–water partition coefficient (Wildman–Crippen LogP) is 4.39. The van der Waals surface area contributed by atoms with E-state index in [0.29, 0.717) is 12.4 Å². The van der Waals surface area contributed by atoms with Crippen molar-refractivity contribution in [1.29, 1.82) is 0 Å². The minimum atomic E-state index is 0.510. The highest BCUT2D eigenvalue weighted by Crippen LogP contribution is 2.37. The SMILES string of the molecule is CCOc1ccc(-c2c(N)n[nH]c2-c2csc(I)c2)cc1. The monoisotopic (exact) mass is 411 g/mol. The zero-order valence-electron chi connectivity index (χ0n) is 11.4. The predicted molar refractivity (Wildman–Crippen MR) is 95.6 cm³/mol. The lowest BCUT2D eigenvalue weighted by molar-refractivity contribution is 0.340. The molecule has 1 aromatic carbocycles. The van der Waals surface area contributed by atoms with Crippen LogP contribution in [0.3, 0.4) is 0 Å². The van der Waals surface area contributed by atoms with Gasteiger partial charge in [0.25, 0.3) is 0 Å². The van der Waals surface area contributed by atoms with Crippen LogP contribution in [0.4, 0.5) is 5.82 Å². The molecule has 3 rings (SSSR count). The molecule has 0 saturated heterocycles. The number of nitrogen functional groups attached to an aromatic ring is 1. The summed E-state index contributed by atoms with van der Waals surface area (Å²) in [6.07, 6.45) is 0. The van der Waals surface area contributed by atoms with E-state index in [0.717, 1.165) is 28.1 Å². The third-order valence-electron chi connectivity index (χ3n) is 3.10. The van der Waals surface area contributed by atoms with Crippen molar-refractivity contribution in [1.82, 2.24) is 10.2 Å². The Morgan fingerprint density at radius 1 is 1.29 bits per heavy atom. The molecule has 0 bridgehead atoms. The zero-order valence-corrected chi connectivity index (χ0v) is 14.4. The Morgan fingerprint density at radius 3 is 2.67 bits per heavy atom. The fourth-order valence-corrected chi connectivity index (χ4v) is 3.52. The average Bonchev–Trinajstić information content (AvgIpc) is 3.06. The van der Waals surface area contributed by atoms with Gasteiger partial charge in [0.2, 0.25) is 0 Å². The Balaban J connectivity index is 2.04. The zero-order chi connectivity index (χ0) is 14.8. The van der Waals surface area contributed by atoms with Gasteiger partial charge in [-0.1, -0.05) is 12.1 Å². The van der Waals surface area contributed by atoms with E-state index >= 15 is 0 Å². The molecule has 0 fully saturated rings. The van der Waals surface area contributed by atoms with Crippen LogP contribution in [0, 0.1) is 2.88 Å². The number of halogens is 1. The Hall–Kier alpha value is -1.54. The maximum Gasteiger partial charge on any atom is 0.153 e. The average molecular weight is 411 g/mol. The quantitative estimate of drug-likeness (QED) is 0.626. The van der Waals surface area contributed by atoms with Crippen LogP contribution in [0.1, 0.15) is 6.92 Å². The maximum absolute atomic E-state index is 6.04. The van der Waals surface area contributed by atoms with Gasteiger partial charge in [-0.3, -0.25) is 5.10 Å². The minimum absolute atomic E-state index is 0.510. The summed E-state index contributed by atoms with van der Waals surface area (Å²) >= 11 is 4.01. The highest BCUT2D eigenvalue weighted by Gasteiger charge is 2.15. The lowest BCUT2D eigenvalue weighted by atomic mass is 10.0. The van der Waals surface area contributed by atoms with E-state index in [1.807, 2.05) is 31.2 Å². The number of aromatic amines is 1. The number of rotatable bonds is 4. The summed E-state index contributed by atoms with van der Waals surface area (Å²) in [6.45, 7) is 2.63. The second-order valence-electron chi connectivity index (χ2n) is 4.46. The van der Waals surface area contributed by atoms with Crippen molar-refractivity contribution in [3.05, 3.63) is 38.6 Å². The van der Waals surface area contributed by atoms with Crippen molar-refractivity contribution in [3.8, 4) is 28.1 Å². The van der Waals surface area contributed by atoms with Crippen molar-refractivity contribution in [2.24, 2.45) is 0 Å². The molecule has 2 aromatic heterocycles. The van der Waals surface area contributed by atoms with Crippen LogP contribution < -0.4 is 10.5 Å². The van der Waals surface area contributed by atoms with Crippen LogP contribution in [-0.4, -0.2) is 16.8 Å². The summed E-state index contributed by atoms with van der Waals surface area (Å²) in [5.41, 5.74) is 10.1. The first kappa shape index (κ1) is 14.4. The largest absolute Gasteiger partial charge is 0.494 e. The van der Waals surface area contributed by atoms with Gasteiger partial charge in [-0.05, 0) is 53.3 Å². The molecule has 0 atom stereocenters. The smallest absolute Gasteiger partial charge is 0.153 e. The fourth-order valence-electron chi connectivity index (χ4n) is 2.18. The van der Waals surface area contributed by atoms with Gasteiger partial charge in [-0.15, -0.1) is 11.3 Å². The van der Waals surface area contributed by atoms with Crippen LogP contribution in [-0.2, 0) is 0 Å². The molecule has 4 nitrogen and oxygen atoms in total. The highest BCUT2D eigenvalue weighted by atomic mass is 127. The molecule has 0 amide bonds. The number of H-pyrrole nitrogens is 1. The highest BCUT2D eigenvalue weighted by molar-refractivity contribution is 14.1. The Bertz CT molecular complexity index is 749. The van der Waals surface area contributed by atoms with E-state index in [-0.39, 0.29) is 0 Å². The van der Waals surface area contributed by atoms with Crippen molar-refractivity contribution in [2.45, 2.75) is 6.92 Å². The Kier molecular flexibility index (Phi) is 4.16. The van der Waals surface area contributed by atoms with E-state index < -0.39 is 0 Å². The van der Waals surface area contributed by atoms with Crippen molar-refractivity contribution >= 4 is 39.7 Å². The summed E-state index contributed by atoms with van der Waals surface area (Å²) in [5, 5.41) is 9.30. The number of nitrogens with two attached hydrogens (primary N) is 1. The number of hydrogen-bond acceptors (Lipinski definition) is 4. The molecule has 6 heteroatoms. The van der Waals surface area contributed by atoms with Gasteiger partial charge in [-0.25, -0.2) is 0 Å². The van der Waals surface area contributed by atoms with Gasteiger partial charge in [-0.2, -0.15) is 5.10 Å². The van der Waals surface area contributed by atoms with Gasteiger partial charge in [0.1, 0.15) is 5.75 Å². The molecule has 0 spiro atoms. The molecule has 0 unspecified atom stereocenters. The standard InChI is InChI=1S/C15H14IN3OS/c1-2-20-11-5-3-9(4-6-11)13-14(18-19-15(13)17)10-7-12(16)21-8-10/h3-8H,2H2,1H3,(H3,17,18,19). The topological polar surface area (TPSA) is 63.9 Å². The van der Waals surface area contributed by atoms with Crippen molar-refractivity contribution in [2.75, 3.05) is 12.3 Å². The summed E-state index contributed by atoms with van der Waals surface area (Å²) in [7, 11) is 0. The normalized spacial score (nSPS) is 10.8. The van der Waals surface area contributed by atoms with E-state index in [4.69, 9.17) is 10.5 Å². The first-order valence-electron chi connectivity index (χ1n) is 6.50. The second-order valence-corrected chi connectivity index (χ2v) is 7.26. The van der Waals surface area contributed by atoms with Crippen LogP contribution >= 0.6 is 33.9 Å². The number of hydrogen-bond donors (Lipinski definition) is 2. The summed E-state index contributed by atoms with van der Waals surface area (Å²) in [4.78, 5) is 0. The number of benzene rings is 1. The second kappa shape index (κ2) is 6.07. The van der Waals surface area contributed by atoms with E-state index in [2.05, 4.69) is 44.2 Å². The van der Waals surface area contributed by atoms with Crippen LogP contribution in [0.25, 0.3) is 22.4 Å². The van der Waals surface area contributed by atoms with Gasteiger partial charge >= 0.3 is 0 Å². The van der Waals surface area contributed by atoms with Gasteiger partial charge in [0.15, 0.2) is 5.82 Å². The van der Waals surface area contributed by atoms with E-state index in [9.17, 15) is 0 Å². The first-order valence-corrected chi connectivity index (χ1v) is 8.46. The van der Waals surface area contributed by atoms with Crippen molar-refractivity contribution in [3.63, 3.8) is 0 Å². The summed E-state index contributed by atoms with van der Waals surface area (Å²) in [5.74, 6) is 1.37. The number of ether oxygens (including phenoxy) is 1. The fraction of sp³-hybridized carbons (Fsp3) is 0.133. The van der Waals surface area contributed by atoms with Crippen LogP contribution in [0.2, 0.25) is 0 Å². The third kappa shape index (κ3) is 2.91. The molecular formula is C15H14IN3OS. The lowest BCUT2D eigenvalue weighted by Gasteiger charge is -2.06.